The van der Waals surface area contributed by atoms with Gasteiger partial charge in [0.15, 0.2) is 5.17 Å². The molecule has 0 N–H and O–H groups in total. The summed E-state index contributed by atoms with van der Waals surface area (Å²) in [4.78, 5) is 36.2. The Labute approximate surface area is 181 Å². The van der Waals surface area contributed by atoms with Crippen molar-refractivity contribution in [2.75, 3.05) is 40.4 Å². The summed E-state index contributed by atoms with van der Waals surface area (Å²) in [5.41, 5.74) is 3.24. The van der Waals surface area contributed by atoms with Crippen molar-refractivity contribution in [2.45, 2.75) is 19.4 Å². The minimum absolute atomic E-state index is 0.0695. The molecule has 30 heavy (non-hydrogen) atoms. The average molecular weight is 427 g/mol. The number of benzene rings is 1. The zero-order valence-electron chi connectivity index (χ0n) is 17.5. The summed E-state index contributed by atoms with van der Waals surface area (Å²) in [5.74, 6) is 0.00452. The number of likely N-dealkylation sites (N-methyl/N-ethyl adjacent to an activating group) is 1. The first-order chi connectivity index (χ1) is 14.5. The van der Waals surface area contributed by atoms with E-state index in [0.29, 0.717) is 31.9 Å². The normalized spacial score (nSPS) is 21.2. The van der Waals surface area contributed by atoms with Crippen LogP contribution < -0.4 is 0 Å². The molecule has 1 aromatic rings. The molecule has 158 valence electrons. The first kappa shape index (κ1) is 20.7. The van der Waals surface area contributed by atoms with Crippen LogP contribution in [0.3, 0.4) is 0 Å². The molecular formula is C22H26N4O3S. The topological polar surface area (TPSA) is 65.5 Å². The molecule has 0 aliphatic carbocycles. The van der Waals surface area contributed by atoms with Crippen LogP contribution in [-0.2, 0) is 14.3 Å². The Morgan fingerprint density at radius 1 is 1.20 bits per heavy atom. The number of amidine groups is 1. The van der Waals surface area contributed by atoms with Gasteiger partial charge >= 0.3 is 0 Å². The van der Waals surface area contributed by atoms with E-state index < -0.39 is 0 Å². The Balaban J connectivity index is 1.69. The van der Waals surface area contributed by atoms with Gasteiger partial charge in [0.05, 0.1) is 36.9 Å². The van der Waals surface area contributed by atoms with Gasteiger partial charge in [0, 0.05) is 32.9 Å². The summed E-state index contributed by atoms with van der Waals surface area (Å²) in [6.45, 7) is 4.27. The Morgan fingerprint density at radius 3 is 2.57 bits per heavy atom. The lowest BCUT2D eigenvalue weighted by Crippen LogP contribution is -2.43. The number of fused-ring (bicyclic) bond motifs is 1. The molecule has 4 rings (SSSR count). The summed E-state index contributed by atoms with van der Waals surface area (Å²) in [6.07, 6.45) is 0.276. The van der Waals surface area contributed by atoms with Gasteiger partial charge in [0.25, 0.3) is 5.91 Å². The number of morpholine rings is 1. The Hall–Kier alpha value is -2.58. The molecule has 1 aromatic carbocycles. The fourth-order valence-electron chi connectivity index (χ4n) is 3.91. The number of ether oxygens (including phenoxy) is 1. The molecule has 0 saturated carbocycles. The Morgan fingerprint density at radius 2 is 1.90 bits per heavy atom. The van der Waals surface area contributed by atoms with Crippen LogP contribution >= 0.6 is 11.8 Å². The smallest absolute Gasteiger partial charge is 0.253 e. The minimum Gasteiger partial charge on any atom is -0.378 e. The predicted molar refractivity (Wildman–Crippen MR) is 118 cm³/mol. The van der Waals surface area contributed by atoms with Gasteiger partial charge in [-0.3, -0.25) is 9.59 Å². The van der Waals surface area contributed by atoms with Crippen LogP contribution in [0.25, 0.3) is 0 Å². The van der Waals surface area contributed by atoms with E-state index in [4.69, 9.17) is 9.73 Å². The molecule has 8 heteroatoms. The molecule has 1 unspecified atom stereocenters. The molecule has 0 radical (unpaired) electrons. The third-order valence-electron chi connectivity index (χ3n) is 5.45. The van der Waals surface area contributed by atoms with Crippen molar-refractivity contribution in [3.63, 3.8) is 0 Å². The first-order valence-corrected chi connectivity index (χ1v) is 10.9. The predicted octanol–water partition coefficient (Wildman–Crippen LogP) is 2.60. The van der Waals surface area contributed by atoms with Gasteiger partial charge in [-0.1, -0.05) is 42.1 Å². The number of thioether (sulfide) groups is 1. The zero-order valence-corrected chi connectivity index (χ0v) is 18.3. The molecule has 0 aromatic heterocycles. The Bertz CT molecular complexity index is 933. The third kappa shape index (κ3) is 3.89. The monoisotopic (exact) mass is 426 g/mol. The van der Waals surface area contributed by atoms with E-state index in [1.54, 1.807) is 19.0 Å². The van der Waals surface area contributed by atoms with E-state index in [9.17, 15) is 9.59 Å². The number of allylic oxidation sites excluding steroid dienone is 1. The second-order valence-electron chi connectivity index (χ2n) is 7.67. The zero-order chi connectivity index (χ0) is 21.3. The van der Waals surface area contributed by atoms with Crippen LogP contribution in [0.15, 0.2) is 57.7 Å². The van der Waals surface area contributed by atoms with E-state index in [1.807, 2.05) is 47.6 Å². The van der Waals surface area contributed by atoms with Crippen LogP contribution in [0.2, 0.25) is 0 Å². The largest absolute Gasteiger partial charge is 0.378 e. The van der Waals surface area contributed by atoms with Crippen LogP contribution in [0.1, 0.15) is 24.9 Å². The van der Waals surface area contributed by atoms with Crippen molar-refractivity contribution in [1.29, 1.82) is 0 Å². The number of carbonyl (C=O) groups excluding carboxylic acids is 2. The highest BCUT2D eigenvalue weighted by Crippen LogP contribution is 2.44. The van der Waals surface area contributed by atoms with Gasteiger partial charge in [-0.15, -0.1) is 0 Å². The van der Waals surface area contributed by atoms with E-state index in [0.717, 1.165) is 22.1 Å². The van der Waals surface area contributed by atoms with Crippen molar-refractivity contribution >= 4 is 28.7 Å². The summed E-state index contributed by atoms with van der Waals surface area (Å²) >= 11 is 1.51. The van der Waals surface area contributed by atoms with Gasteiger partial charge in [-0.05, 0) is 17.9 Å². The van der Waals surface area contributed by atoms with Gasteiger partial charge in [-0.25, -0.2) is 4.99 Å². The van der Waals surface area contributed by atoms with Crippen LogP contribution in [0, 0.1) is 0 Å². The average Bonchev–Trinajstić information content (AvgIpc) is 3.15. The molecule has 7 nitrogen and oxygen atoms in total. The molecule has 1 fully saturated rings. The number of amides is 2. The van der Waals surface area contributed by atoms with Crippen molar-refractivity contribution in [3.8, 4) is 0 Å². The molecule has 2 amide bonds. The van der Waals surface area contributed by atoms with Crippen molar-refractivity contribution in [2.24, 2.45) is 4.99 Å². The van der Waals surface area contributed by atoms with Gasteiger partial charge in [0.1, 0.15) is 0 Å². The standard InChI is InChI=1S/C22H26N4O3S/c1-15-19(21(28)24(2)3)20(16-7-5-4-6-8-16)26-17(14-30-22(26)23-15)13-18(27)25-9-11-29-12-10-25/h4-8,14,20H,9-13H2,1-3H3. The lowest BCUT2D eigenvalue weighted by Gasteiger charge is -2.37. The highest BCUT2D eigenvalue weighted by Gasteiger charge is 2.41. The highest BCUT2D eigenvalue weighted by molar-refractivity contribution is 8.16. The fraction of sp³-hybridized carbons (Fsp3) is 0.409. The van der Waals surface area contributed by atoms with Crippen LogP contribution in [0.4, 0.5) is 0 Å². The molecule has 0 spiro atoms. The second kappa shape index (κ2) is 8.65. The maximum absolute atomic E-state index is 13.1. The van der Waals surface area contributed by atoms with E-state index in [2.05, 4.69) is 4.90 Å². The Kier molecular flexibility index (Phi) is 5.97. The van der Waals surface area contributed by atoms with Crippen molar-refractivity contribution in [1.82, 2.24) is 14.7 Å². The first-order valence-electron chi connectivity index (χ1n) is 10.0. The second-order valence-corrected chi connectivity index (χ2v) is 8.51. The summed E-state index contributed by atoms with van der Waals surface area (Å²) < 4.78 is 5.36. The maximum atomic E-state index is 13.1. The summed E-state index contributed by atoms with van der Waals surface area (Å²) in [6, 6.07) is 9.64. The number of carbonyl (C=O) groups is 2. The molecule has 1 atom stereocenters. The lowest BCUT2D eigenvalue weighted by molar-refractivity contribution is -0.134. The number of hydrogen-bond donors (Lipinski definition) is 0. The number of hydrogen-bond acceptors (Lipinski definition) is 6. The molecular weight excluding hydrogens is 400 g/mol. The number of rotatable bonds is 4. The summed E-state index contributed by atoms with van der Waals surface area (Å²) in [7, 11) is 3.50. The molecule has 0 bridgehead atoms. The van der Waals surface area contributed by atoms with E-state index in [-0.39, 0.29) is 24.3 Å². The SMILES string of the molecule is CC1=C(C(=O)N(C)C)C(c2ccccc2)N2C(CC(=O)N3CCOCC3)=CSC2=N1. The van der Waals surface area contributed by atoms with Gasteiger partial charge < -0.3 is 19.4 Å². The minimum atomic E-state index is -0.313. The maximum Gasteiger partial charge on any atom is 0.253 e. The van der Waals surface area contributed by atoms with E-state index in [1.165, 1.54) is 11.8 Å². The van der Waals surface area contributed by atoms with Crippen LogP contribution in [-0.4, -0.2) is 72.1 Å². The molecule has 3 aliphatic heterocycles. The molecule has 3 aliphatic rings. The lowest BCUT2D eigenvalue weighted by atomic mass is 9.93. The summed E-state index contributed by atoms with van der Waals surface area (Å²) in [5, 5.41) is 2.80. The van der Waals surface area contributed by atoms with Gasteiger partial charge in [0.2, 0.25) is 5.91 Å². The number of nitrogens with zero attached hydrogens (tertiary/aromatic N) is 4. The fourth-order valence-corrected chi connectivity index (χ4v) is 4.88. The van der Waals surface area contributed by atoms with Crippen molar-refractivity contribution < 1.29 is 14.3 Å². The van der Waals surface area contributed by atoms with Crippen LogP contribution in [0.5, 0.6) is 0 Å². The molecule has 3 heterocycles. The quantitative estimate of drug-likeness (QED) is 0.741. The third-order valence-corrected chi connectivity index (χ3v) is 6.34. The highest BCUT2D eigenvalue weighted by atomic mass is 32.2. The molecule has 1 saturated heterocycles. The van der Waals surface area contributed by atoms with Gasteiger partial charge in [-0.2, -0.15) is 0 Å². The number of aliphatic imine (C=N–C) groups is 1. The van der Waals surface area contributed by atoms with E-state index >= 15 is 0 Å². The van der Waals surface area contributed by atoms with Crippen molar-refractivity contribution in [3.05, 3.63) is 58.3 Å².